The van der Waals surface area contributed by atoms with E-state index in [1.807, 2.05) is 0 Å². The number of esters is 1. The van der Waals surface area contributed by atoms with Crippen LogP contribution in [0, 0.1) is 11.3 Å². The first-order valence-electron chi connectivity index (χ1n) is 6.85. The third kappa shape index (κ3) is 3.55. The van der Waals surface area contributed by atoms with Crippen molar-refractivity contribution in [3.8, 4) is 0 Å². The smallest absolute Gasteiger partial charge is 0.309 e. The van der Waals surface area contributed by atoms with Crippen molar-refractivity contribution in [2.24, 2.45) is 11.3 Å². The molecule has 2 aliphatic rings. The van der Waals surface area contributed by atoms with Crippen LogP contribution in [0.15, 0.2) is 0 Å². The monoisotopic (exact) mass is 254 g/mol. The molecule has 1 aliphatic heterocycles. The number of carbonyl (C=O) groups is 2. The van der Waals surface area contributed by atoms with Crippen molar-refractivity contribution in [2.75, 3.05) is 19.8 Å². The predicted octanol–water partition coefficient (Wildman–Crippen LogP) is 2.11. The van der Waals surface area contributed by atoms with Crippen LogP contribution in [-0.2, 0) is 19.1 Å². The summed E-state index contributed by atoms with van der Waals surface area (Å²) in [6, 6.07) is 0. The minimum Gasteiger partial charge on any atom is -0.465 e. The van der Waals surface area contributed by atoms with Gasteiger partial charge in [0.25, 0.3) is 0 Å². The SMILES string of the molecule is CC1(COC(=O)C2CCCCC(=O)C2)CCOC1. The molecule has 0 amide bonds. The van der Waals surface area contributed by atoms with Gasteiger partial charge in [0.1, 0.15) is 5.78 Å². The van der Waals surface area contributed by atoms with Gasteiger partial charge in [0.05, 0.1) is 19.1 Å². The number of ketones is 1. The second kappa shape index (κ2) is 5.83. The normalized spacial score (nSPS) is 33.2. The van der Waals surface area contributed by atoms with Gasteiger partial charge in [-0.15, -0.1) is 0 Å². The fourth-order valence-corrected chi connectivity index (χ4v) is 2.58. The summed E-state index contributed by atoms with van der Waals surface area (Å²) in [6.07, 6.45) is 4.57. The minimum absolute atomic E-state index is 0.0373. The van der Waals surface area contributed by atoms with Crippen LogP contribution in [-0.4, -0.2) is 31.6 Å². The lowest BCUT2D eigenvalue weighted by Crippen LogP contribution is -2.28. The standard InChI is InChI=1S/C14H22O4/c1-14(6-7-17-9-14)10-18-13(16)11-4-2-3-5-12(15)8-11/h11H,2-10H2,1H3. The highest BCUT2D eigenvalue weighted by molar-refractivity contribution is 5.84. The maximum atomic E-state index is 12.0. The van der Waals surface area contributed by atoms with Crippen LogP contribution in [0.25, 0.3) is 0 Å². The van der Waals surface area contributed by atoms with Crippen molar-refractivity contribution < 1.29 is 19.1 Å². The first-order valence-corrected chi connectivity index (χ1v) is 6.85. The fourth-order valence-electron chi connectivity index (χ4n) is 2.58. The summed E-state index contributed by atoms with van der Waals surface area (Å²) < 4.78 is 10.7. The van der Waals surface area contributed by atoms with Crippen LogP contribution in [0.3, 0.4) is 0 Å². The second-order valence-corrected chi connectivity index (χ2v) is 5.91. The van der Waals surface area contributed by atoms with Crippen LogP contribution in [0.2, 0.25) is 0 Å². The number of Topliss-reactive ketones (excluding diaryl/α,β-unsaturated/α-hetero) is 1. The first-order chi connectivity index (χ1) is 8.59. The van der Waals surface area contributed by atoms with E-state index in [0.29, 0.717) is 26.1 Å². The average Bonchev–Trinajstić information content (AvgIpc) is 2.65. The molecule has 4 heteroatoms. The molecule has 2 atom stereocenters. The molecule has 1 saturated carbocycles. The number of hydrogen-bond donors (Lipinski definition) is 0. The summed E-state index contributed by atoms with van der Waals surface area (Å²) in [5.41, 5.74) is -0.0373. The molecule has 2 unspecified atom stereocenters. The largest absolute Gasteiger partial charge is 0.465 e. The van der Waals surface area contributed by atoms with Gasteiger partial charge in [-0.05, 0) is 19.3 Å². The van der Waals surface area contributed by atoms with E-state index >= 15 is 0 Å². The van der Waals surface area contributed by atoms with Crippen LogP contribution in [0.1, 0.15) is 45.4 Å². The highest BCUT2D eigenvalue weighted by atomic mass is 16.5. The summed E-state index contributed by atoms with van der Waals surface area (Å²) in [5.74, 6) is -0.214. The zero-order chi connectivity index (χ0) is 13.0. The molecule has 0 aromatic heterocycles. The van der Waals surface area contributed by atoms with Gasteiger partial charge in [0.2, 0.25) is 0 Å². The average molecular weight is 254 g/mol. The van der Waals surface area contributed by atoms with E-state index < -0.39 is 0 Å². The van der Waals surface area contributed by atoms with Gasteiger partial charge in [-0.3, -0.25) is 9.59 Å². The number of hydrogen-bond acceptors (Lipinski definition) is 4. The molecule has 1 heterocycles. The highest BCUT2D eigenvalue weighted by Gasteiger charge is 2.33. The van der Waals surface area contributed by atoms with Gasteiger partial charge in [-0.2, -0.15) is 0 Å². The molecular formula is C14H22O4. The Morgan fingerprint density at radius 1 is 1.50 bits per heavy atom. The lowest BCUT2D eigenvalue weighted by Gasteiger charge is -2.22. The third-order valence-electron chi connectivity index (χ3n) is 3.93. The Kier molecular flexibility index (Phi) is 4.38. The maximum Gasteiger partial charge on any atom is 0.309 e. The predicted molar refractivity (Wildman–Crippen MR) is 66.1 cm³/mol. The van der Waals surface area contributed by atoms with Crippen molar-refractivity contribution in [3.05, 3.63) is 0 Å². The minimum atomic E-state index is -0.217. The van der Waals surface area contributed by atoms with Gasteiger partial charge in [-0.25, -0.2) is 0 Å². The third-order valence-corrected chi connectivity index (χ3v) is 3.93. The Labute approximate surface area is 108 Å². The van der Waals surface area contributed by atoms with Crippen molar-refractivity contribution in [3.63, 3.8) is 0 Å². The van der Waals surface area contributed by atoms with E-state index in [9.17, 15) is 9.59 Å². The Bertz CT molecular complexity index is 318. The van der Waals surface area contributed by atoms with Gasteiger partial charge in [0, 0.05) is 24.9 Å². The highest BCUT2D eigenvalue weighted by Crippen LogP contribution is 2.29. The van der Waals surface area contributed by atoms with E-state index in [4.69, 9.17) is 9.47 Å². The van der Waals surface area contributed by atoms with E-state index in [-0.39, 0.29) is 23.1 Å². The lowest BCUT2D eigenvalue weighted by molar-refractivity contribution is -0.153. The Morgan fingerprint density at radius 2 is 2.33 bits per heavy atom. The quantitative estimate of drug-likeness (QED) is 0.571. The summed E-state index contributed by atoms with van der Waals surface area (Å²) in [7, 11) is 0. The molecule has 0 radical (unpaired) electrons. The molecule has 18 heavy (non-hydrogen) atoms. The molecule has 2 rings (SSSR count). The topological polar surface area (TPSA) is 52.6 Å². The molecule has 102 valence electrons. The number of ether oxygens (including phenoxy) is 2. The van der Waals surface area contributed by atoms with Gasteiger partial charge in [-0.1, -0.05) is 13.3 Å². The van der Waals surface area contributed by atoms with Crippen molar-refractivity contribution >= 4 is 11.8 Å². The summed E-state index contributed by atoms with van der Waals surface area (Å²) in [6.45, 7) is 3.89. The van der Waals surface area contributed by atoms with Gasteiger partial charge >= 0.3 is 5.97 Å². The molecule has 0 aromatic carbocycles. The van der Waals surface area contributed by atoms with Crippen LogP contribution < -0.4 is 0 Å². The van der Waals surface area contributed by atoms with Crippen LogP contribution in [0.4, 0.5) is 0 Å². The molecule has 2 fully saturated rings. The Balaban J connectivity index is 1.81. The summed E-state index contributed by atoms with van der Waals surface area (Å²) >= 11 is 0. The number of rotatable bonds is 3. The van der Waals surface area contributed by atoms with E-state index in [2.05, 4.69) is 6.92 Å². The zero-order valence-electron chi connectivity index (χ0n) is 11.1. The zero-order valence-corrected chi connectivity index (χ0v) is 11.1. The van der Waals surface area contributed by atoms with Gasteiger partial charge < -0.3 is 9.47 Å². The fraction of sp³-hybridized carbons (Fsp3) is 0.857. The molecule has 0 N–H and O–H groups in total. The van der Waals surface area contributed by atoms with Crippen molar-refractivity contribution in [1.29, 1.82) is 0 Å². The first kappa shape index (κ1) is 13.5. The second-order valence-electron chi connectivity index (χ2n) is 5.91. The molecule has 0 spiro atoms. The number of carbonyl (C=O) groups excluding carboxylic acids is 2. The Morgan fingerprint density at radius 3 is 3.06 bits per heavy atom. The Hall–Kier alpha value is -0.900. The van der Waals surface area contributed by atoms with Gasteiger partial charge in [0.15, 0.2) is 0 Å². The van der Waals surface area contributed by atoms with Crippen molar-refractivity contribution in [1.82, 2.24) is 0 Å². The van der Waals surface area contributed by atoms with Crippen LogP contribution >= 0.6 is 0 Å². The lowest BCUT2D eigenvalue weighted by atomic mass is 9.91. The van der Waals surface area contributed by atoms with E-state index in [0.717, 1.165) is 32.3 Å². The molecule has 4 nitrogen and oxygen atoms in total. The molecule has 0 bridgehead atoms. The molecule has 1 saturated heterocycles. The molecular weight excluding hydrogens is 232 g/mol. The maximum absolute atomic E-state index is 12.0. The molecule has 1 aliphatic carbocycles. The summed E-state index contributed by atoms with van der Waals surface area (Å²) in [4.78, 5) is 23.5. The molecule has 0 aromatic rings. The summed E-state index contributed by atoms with van der Waals surface area (Å²) in [5, 5.41) is 0. The van der Waals surface area contributed by atoms with E-state index in [1.54, 1.807) is 0 Å². The van der Waals surface area contributed by atoms with Crippen molar-refractivity contribution in [2.45, 2.75) is 45.4 Å². The van der Waals surface area contributed by atoms with E-state index in [1.165, 1.54) is 0 Å². The van der Waals surface area contributed by atoms with Crippen LogP contribution in [0.5, 0.6) is 0 Å².